The van der Waals surface area contributed by atoms with E-state index in [0.29, 0.717) is 6.07 Å². The summed E-state index contributed by atoms with van der Waals surface area (Å²) in [4.78, 5) is 11.5. The number of carbonyl (C=O) groups excluding carboxylic acids is 1. The van der Waals surface area contributed by atoms with Gasteiger partial charge in [-0.2, -0.15) is 0 Å². The predicted octanol–water partition coefficient (Wildman–Crippen LogP) is 2.78. The van der Waals surface area contributed by atoms with Gasteiger partial charge in [0.15, 0.2) is 0 Å². The molecule has 1 aromatic rings. The predicted molar refractivity (Wildman–Crippen MR) is 66.7 cm³/mol. The Kier molecular flexibility index (Phi) is 3.99. The van der Waals surface area contributed by atoms with Gasteiger partial charge in [-0.1, -0.05) is 12.8 Å². The van der Waals surface area contributed by atoms with Crippen molar-refractivity contribution in [2.45, 2.75) is 31.2 Å². The summed E-state index contributed by atoms with van der Waals surface area (Å²) in [5.74, 6) is -1.55. The van der Waals surface area contributed by atoms with Crippen LogP contribution in [0.5, 0.6) is 0 Å². The van der Waals surface area contributed by atoms with E-state index in [9.17, 15) is 13.6 Å². The highest BCUT2D eigenvalue weighted by Gasteiger charge is 2.30. The van der Waals surface area contributed by atoms with E-state index in [4.69, 9.17) is 10.5 Å². The van der Waals surface area contributed by atoms with Crippen LogP contribution in [0.3, 0.4) is 0 Å². The van der Waals surface area contributed by atoms with Crippen LogP contribution in [0.2, 0.25) is 0 Å². The maximum atomic E-state index is 13.3. The lowest BCUT2D eigenvalue weighted by molar-refractivity contribution is 0.130. The fraction of sp³-hybridized carbons (Fsp3) is 0.462. The molecular formula is C13H16F2N2O2. The van der Waals surface area contributed by atoms with E-state index in [-0.39, 0.29) is 12.3 Å². The van der Waals surface area contributed by atoms with E-state index in [0.717, 1.165) is 37.8 Å². The third-order valence-electron chi connectivity index (χ3n) is 3.26. The lowest BCUT2D eigenvalue weighted by Gasteiger charge is -2.22. The minimum atomic E-state index is -0.847. The fourth-order valence-electron chi connectivity index (χ4n) is 2.17. The minimum absolute atomic E-state index is 0.0989. The Morgan fingerprint density at radius 1 is 1.37 bits per heavy atom. The summed E-state index contributed by atoms with van der Waals surface area (Å²) in [6.45, 7) is 0.0989. The Morgan fingerprint density at radius 3 is 2.68 bits per heavy atom. The van der Waals surface area contributed by atoms with E-state index in [1.54, 1.807) is 0 Å². The second-order valence-corrected chi connectivity index (χ2v) is 4.89. The van der Waals surface area contributed by atoms with Gasteiger partial charge in [-0.25, -0.2) is 13.6 Å². The molecule has 1 amide bonds. The largest absolute Gasteiger partial charge is 0.447 e. The monoisotopic (exact) mass is 270 g/mol. The van der Waals surface area contributed by atoms with Gasteiger partial charge in [0.2, 0.25) is 0 Å². The Morgan fingerprint density at radius 2 is 2.05 bits per heavy atom. The van der Waals surface area contributed by atoms with Gasteiger partial charge >= 0.3 is 6.09 Å². The first-order chi connectivity index (χ1) is 8.98. The van der Waals surface area contributed by atoms with Crippen LogP contribution in [-0.2, 0) is 4.74 Å². The number of nitrogens with two attached hydrogens (primary N) is 1. The lowest BCUT2D eigenvalue weighted by atomic mass is 10.0. The van der Waals surface area contributed by atoms with Gasteiger partial charge < -0.3 is 10.5 Å². The van der Waals surface area contributed by atoms with Gasteiger partial charge in [0.25, 0.3) is 0 Å². The molecule has 6 heteroatoms. The SMILES string of the molecule is NC1(COC(=O)Nc2ccc(F)cc2F)CCCC1. The number of rotatable bonds is 3. The molecule has 104 valence electrons. The molecule has 0 unspecified atom stereocenters. The molecule has 2 rings (SSSR count). The summed E-state index contributed by atoms with van der Waals surface area (Å²) < 4.78 is 31.0. The first-order valence-electron chi connectivity index (χ1n) is 6.16. The van der Waals surface area contributed by atoms with E-state index in [1.165, 1.54) is 0 Å². The van der Waals surface area contributed by atoms with Crippen molar-refractivity contribution < 1.29 is 18.3 Å². The van der Waals surface area contributed by atoms with Crippen molar-refractivity contribution in [3.05, 3.63) is 29.8 Å². The molecule has 0 saturated heterocycles. The van der Waals surface area contributed by atoms with Crippen LogP contribution in [0.4, 0.5) is 19.3 Å². The average molecular weight is 270 g/mol. The second kappa shape index (κ2) is 5.52. The molecule has 0 atom stereocenters. The zero-order chi connectivity index (χ0) is 13.9. The molecule has 1 aliphatic carbocycles. The van der Waals surface area contributed by atoms with Crippen LogP contribution in [-0.4, -0.2) is 18.2 Å². The quantitative estimate of drug-likeness (QED) is 0.887. The number of hydrogen-bond donors (Lipinski definition) is 2. The van der Waals surface area contributed by atoms with Gasteiger partial charge in [-0.05, 0) is 25.0 Å². The molecule has 1 aliphatic rings. The van der Waals surface area contributed by atoms with Crippen molar-refractivity contribution in [3.63, 3.8) is 0 Å². The van der Waals surface area contributed by atoms with Gasteiger partial charge in [0.1, 0.15) is 18.2 Å². The molecule has 19 heavy (non-hydrogen) atoms. The molecule has 0 bridgehead atoms. The molecular weight excluding hydrogens is 254 g/mol. The third-order valence-corrected chi connectivity index (χ3v) is 3.26. The summed E-state index contributed by atoms with van der Waals surface area (Å²) in [6, 6.07) is 2.89. The van der Waals surface area contributed by atoms with Gasteiger partial charge in [-0.3, -0.25) is 5.32 Å². The van der Waals surface area contributed by atoms with Crippen LogP contribution >= 0.6 is 0 Å². The van der Waals surface area contributed by atoms with Crippen molar-refractivity contribution in [2.24, 2.45) is 5.73 Å². The molecule has 3 N–H and O–H groups in total. The van der Waals surface area contributed by atoms with Gasteiger partial charge in [-0.15, -0.1) is 0 Å². The summed E-state index contributed by atoms with van der Waals surface area (Å²) in [7, 11) is 0. The fourth-order valence-corrected chi connectivity index (χ4v) is 2.17. The smallest absolute Gasteiger partial charge is 0.411 e. The Labute approximate surface area is 109 Å². The summed E-state index contributed by atoms with van der Waals surface area (Å²) in [5.41, 5.74) is 5.43. The normalized spacial score (nSPS) is 17.2. The first kappa shape index (κ1) is 13.7. The number of nitrogens with one attached hydrogen (secondary N) is 1. The highest BCUT2D eigenvalue weighted by Crippen LogP contribution is 2.27. The summed E-state index contributed by atoms with van der Waals surface area (Å²) in [5, 5.41) is 2.22. The van der Waals surface area contributed by atoms with E-state index >= 15 is 0 Å². The first-order valence-corrected chi connectivity index (χ1v) is 6.16. The van der Waals surface area contributed by atoms with Gasteiger partial charge in [0, 0.05) is 6.07 Å². The molecule has 4 nitrogen and oxygen atoms in total. The van der Waals surface area contributed by atoms with Crippen molar-refractivity contribution >= 4 is 11.8 Å². The third kappa shape index (κ3) is 3.64. The van der Waals surface area contributed by atoms with E-state index in [2.05, 4.69) is 5.32 Å². The molecule has 1 fully saturated rings. The zero-order valence-electron chi connectivity index (χ0n) is 10.4. The van der Waals surface area contributed by atoms with Crippen molar-refractivity contribution in [2.75, 3.05) is 11.9 Å². The molecule has 0 heterocycles. The topological polar surface area (TPSA) is 64.3 Å². The maximum absolute atomic E-state index is 13.3. The minimum Gasteiger partial charge on any atom is -0.447 e. The lowest BCUT2D eigenvalue weighted by Crippen LogP contribution is -2.42. The Balaban J connectivity index is 1.87. The number of hydrogen-bond acceptors (Lipinski definition) is 3. The zero-order valence-corrected chi connectivity index (χ0v) is 10.4. The standard InChI is InChI=1S/C13H16F2N2O2/c14-9-3-4-11(10(15)7-9)17-12(18)19-8-13(16)5-1-2-6-13/h3-4,7H,1-2,5-6,8,16H2,(H,17,18). The summed E-state index contributed by atoms with van der Waals surface area (Å²) in [6.07, 6.45) is 2.88. The molecule has 0 aromatic heterocycles. The number of anilines is 1. The number of ether oxygens (including phenoxy) is 1. The Hall–Kier alpha value is -1.69. The number of benzene rings is 1. The van der Waals surface area contributed by atoms with Gasteiger partial charge in [0.05, 0.1) is 11.2 Å². The van der Waals surface area contributed by atoms with Crippen molar-refractivity contribution in [1.29, 1.82) is 0 Å². The number of carbonyl (C=O) groups is 1. The molecule has 1 saturated carbocycles. The maximum Gasteiger partial charge on any atom is 0.411 e. The summed E-state index contributed by atoms with van der Waals surface area (Å²) >= 11 is 0. The number of amides is 1. The van der Waals surface area contributed by atoms with Crippen LogP contribution in [0.15, 0.2) is 18.2 Å². The van der Waals surface area contributed by atoms with E-state index < -0.39 is 23.3 Å². The van der Waals surface area contributed by atoms with E-state index in [1.807, 2.05) is 0 Å². The molecule has 0 aliphatic heterocycles. The van der Waals surface area contributed by atoms with Crippen molar-refractivity contribution in [1.82, 2.24) is 0 Å². The molecule has 0 radical (unpaired) electrons. The Bertz CT molecular complexity index is 474. The van der Waals surface area contributed by atoms with Crippen LogP contribution in [0, 0.1) is 11.6 Å². The molecule has 1 aromatic carbocycles. The van der Waals surface area contributed by atoms with Crippen molar-refractivity contribution in [3.8, 4) is 0 Å². The van der Waals surface area contributed by atoms with Crippen LogP contribution in [0.25, 0.3) is 0 Å². The number of halogens is 2. The second-order valence-electron chi connectivity index (χ2n) is 4.89. The highest BCUT2D eigenvalue weighted by molar-refractivity contribution is 5.84. The average Bonchev–Trinajstić information content (AvgIpc) is 2.78. The molecule has 0 spiro atoms. The van der Waals surface area contributed by atoms with Crippen LogP contribution < -0.4 is 11.1 Å². The highest BCUT2D eigenvalue weighted by atomic mass is 19.1. The van der Waals surface area contributed by atoms with Crippen LogP contribution in [0.1, 0.15) is 25.7 Å².